The Hall–Kier alpha value is -0.170. The molecule has 0 unspecified atom stereocenters. The van der Waals surface area contributed by atoms with Crippen LogP contribution in [0.25, 0.3) is 0 Å². The lowest BCUT2D eigenvalue weighted by Crippen LogP contribution is -2.30. The largest absolute Gasteiger partial charge is 0.354 e. The third-order valence-electron chi connectivity index (χ3n) is 2.08. The van der Waals surface area contributed by atoms with Crippen LogP contribution in [0.2, 0.25) is 0 Å². The van der Waals surface area contributed by atoms with Gasteiger partial charge in [0.1, 0.15) is 0 Å². The highest BCUT2D eigenvalue weighted by Gasteiger charge is 2.42. The van der Waals surface area contributed by atoms with Crippen molar-refractivity contribution in [3.8, 4) is 0 Å². The Morgan fingerprint density at radius 1 is 1.05 bits per heavy atom. The molecule has 19 heavy (non-hydrogen) atoms. The maximum absolute atomic E-state index is 11.0. The Balaban J connectivity index is 2.46. The van der Waals surface area contributed by atoms with Crippen molar-refractivity contribution in [3.63, 3.8) is 0 Å². The van der Waals surface area contributed by atoms with Gasteiger partial charge >= 0.3 is 15.2 Å². The Bertz CT molecular complexity index is 465. The summed E-state index contributed by atoms with van der Waals surface area (Å²) in [6, 6.07) is 9.30. The molecule has 0 aliphatic carbocycles. The van der Waals surface area contributed by atoms with Gasteiger partial charge in [0, 0.05) is 17.2 Å². The highest BCUT2D eigenvalue weighted by Crippen LogP contribution is 2.58. The predicted molar refractivity (Wildman–Crippen MR) is 73.0 cm³/mol. The minimum absolute atomic E-state index is 0.0699. The molecule has 0 saturated carbocycles. The lowest BCUT2D eigenvalue weighted by atomic mass is 10.4. The molecule has 0 atom stereocenters. The smallest absolute Gasteiger partial charge is 0.323 e. The van der Waals surface area contributed by atoms with Gasteiger partial charge < -0.3 is 19.6 Å². The molecule has 0 radical (unpaired) electrons. The lowest BCUT2D eigenvalue weighted by Gasteiger charge is -2.20. The fraction of sp³-hybridized carbons (Fsp3) is 0.333. The normalized spacial score (nSPS) is 12.9. The van der Waals surface area contributed by atoms with Crippen molar-refractivity contribution in [3.05, 3.63) is 30.3 Å². The highest BCUT2D eigenvalue weighted by molar-refractivity contribution is 7.99. The monoisotopic (exact) mass is 327 g/mol. The molecule has 0 bridgehead atoms. The first-order chi connectivity index (χ1) is 8.71. The van der Waals surface area contributed by atoms with Crippen molar-refractivity contribution in [1.29, 1.82) is 0 Å². The minimum atomic E-state index is -4.89. The Morgan fingerprint density at radius 2 is 1.58 bits per heavy atom. The summed E-state index contributed by atoms with van der Waals surface area (Å²) in [4.78, 5) is 36.5. The van der Waals surface area contributed by atoms with E-state index in [2.05, 4.69) is 5.32 Å². The van der Waals surface area contributed by atoms with E-state index in [4.69, 9.17) is 19.6 Å². The molecule has 1 aromatic rings. The maximum atomic E-state index is 11.0. The van der Waals surface area contributed by atoms with Crippen molar-refractivity contribution >= 4 is 27.0 Å². The van der Waals surface area contributed by atoms with Crippen LogP contribution >= 0.6 is 27.0 Å². The van der Waals surface area contributed by atoms with Crippen molar-refractivity contribution in [2.45, 2.75) is 10.4 Å². The average Bonchev–Trinajstić information content (AvgIpc) is 2.26. The Labute approximate surface area is 114 Å². The molecule has 5 N–H and O–H groups in total. The van der Waals surface area contributed by atoms with Crippen LogP contribution in [0.4, 0.5) is 0 Å². The molecule has 0 aliphatic rings. The van der Waals surface area contributed by atoms with E-state index in [0.29, 0.717) is 5.75 Å². The van der Waals surface area contributed by atoms with E-state index in [1.165, 1.54) is 11.8 Å². The molecule has 0 saturated heterocycles. The van der Waals surface area contributed by atoms with Crippen LogP contribution in [-0.2, 0) is 9.13 Å². The van der Waals surface area contributed by atoms with Gasteiger partial charge in [0.25, 0.3) is 0 Å². The molecule has 0 spiro atoms. The summed E-state index contributed by atoms with van der Waals surface area (Å²) in [5.74, 6) is 0.431. The molecule has 10 heteroatoms. The molecule has 0 aromatic heterocycles. The van der Waals surface area contributed by atoms with E-state index in [1.807, 2.05) is 30.3 Å². The Morgan fingerprint density at radius 3 is 2.05 bits per heavy atom. The zero-order valence-electron chi connectivity index (χ0n) is 9.79. The molecule has 1 aromatic carbocycles. The van der Waals surface area contributed by atoms with E-state index in [0.717, 1.165) is 4.90 Å². The zero-order chi connectivity index (χ0) is 14.5. The Kier molecular flexibility index (Phi) is 6.23. The number of rotatable bonds is 7. The molecule has 0 heterocycles. The van der Waals surface area contributed by atoms with Crippen molar-refractivity contribution in [2.75, 3.05) is 12.3 Å². The van der Waals surface area contributed by atoms with Crippen molar-refractivity contribution in [2.24, 2.45) is 0 Å². The van der Waals surface area contributed by atoms with Crippen molar-refractivity contribution < 1.29 is 28.7 Å². The summed E-state index contributed by atoms with van der Waals surface area (Å²) < 4.78 is 22.0. The molecular weight excluding hydrogens is 312 g/mol. The van der Waals surface area contributed by atoms with Gasteiger partial charge in [-0.15, -0.1) is 11.8 Å². The summed E-state index contributed by atoms with van der Waals surface area (Å²) in [5, 5.41) is 2.22. The molecule has 108 valence electrons. The van der Waals surface area contributed by atoms with Gasteiger partial charge in [-0.2, -0.15) is 0 Å². The second-order valence-corrected chi connectivity index (χ2v) is 8.63. The van der Waals surface area contributed by atoms with Crippen LogP contribution in [0.5, 0.6) is 0 Å². The highest BCUT2D eigenvalue weighted by atomic mass is 32.2. The zero-order valence-corrected chi connectivity index (χ0v) is 12.4. The second-order valence-electron chi connectivity index (χ2n) is 3.67. The van der Waals surface area contributed by atoms with Gasteiger partial charge in [-0.25, -0.2) is 0 Å². The van der Waals surface area contributed by atoms with Crippen LogP contribution in [0, 0.1) is 0 Å². The predicted octanol–water partition coefficient (Wildman–Crippen LogP) is 1.01. The van der Waals surface area contributed by atoms with Crippen LogP contribution < -0.4 is 5.32 Å². The van der Waals surface area contributed by atoms with E-state index < -0.39 is 20.7 Å². The van der Waals surface area contributed by atoms with Crippen LogP contribution in [0.15, 0.2) is 35.2 Å². The minimum Gasteiger partial charge on any atom is -0.323 e. The lowest BCUT2D eigenvalue weighted by molar-refractivity contribution is 0.329. The second kappa shape index (κ2) is 7.02. The third kappa shape index (κ3) is 6.21. The SMILES string of the molecule is O=P(O)(O)C(NCCSc1ccccc1)P(=O)(O)O. The fourth-order valence-corrected chi connectivity index (χ4v) is 4.41. The fourth-order valence-electron chi connectivity index (χ4n) is 1.31. The molecule has 0 amide bonds. The number of benzene rings is 1. The van der Waals surface area contributed by atoms with Gasteiger partial charge in [0.15, 0.2) is 0 Å². The van der Waals surface area contributed by atoms with Crippen LogP contribution in [-0.4, -0.2) is 37.4 Å². The van der Waals surface area contributed by atoms with Gasteiger partial charge in [-0.05, 0) is 12.1 Å². The van der Waals surface area contributed by atoms with Gasteiger partial charge in [-0.3, -0.25) is 14.4 Å². The summed E-state index contributed by atoms with van der Waals surface area (Å²) in [6.07, 6.45) is 0. The van der Waals surface area contributed by atoms with E-state index >= 15 is 0 Å². The molecular formula is C9H15NO6P2S. The number of hydrogen-bond donors (Lipinski definition) is 5. The summed E-state index contributed by atoms with van der Waals surface area (Å²) >= 11 is 1.42. The summed E-state index contributed by atoms with van der Waals surface area (Å²) in [7, 11) is -9.79. The molecule has 7 nitrogen and oxygen atoms in total. The number of thioether (sulfide) groups is 1. The van der Waals surface area contributed by atoms with Gasteiger partial charge in [0.2, 0.25) is 5.52 Å². The molecule has 0 fully saturated rings. The van der Waals surface area contributed by atoms with Crippen LogP contribution in [0.1, 0.15) is 0 Å². The first-order valence-corrected chi connectivity index (χ1v) is 9.58. The van der Waals surface area contributed by atoms with E-state index in [9.17, 15) is 9.13 Å². The number of nitrogens with one attached hydrogen (secondary N) is 1. The maximum Gasteiger partial charge on any atom is 0.354 e. The van der Waals surface area contributed by atoms with Crippen LogP contribution in [0.3, 0.4) is 0 Å². The summed E-state index contributed by atoms with van der Waals surface area (Å²) in [6.45, 7) is 0.0699. The third-order valence-corrected chi connectivity index (χ3v) is 6.54. The van der Waals surface area contributed by atoms with Gasteiger partial charge in [0.05, 0.1) is 0 Å². The quantitative estimate of drug-likeness (QED) is 0.285. The van der Waals surface area contributed by atoms with Crippen molar-refractivity contribution in [1.82, 2.24) is 5.32 Å². The standard InChI is InChI=1S/C9H15NO6P2S/c11-17(12,13)9(18(14,15)16)10-6-7-19-8-4-2-1-3-5-8/h1-5,9-10H,6-7H2,(H2,11,12,13)(H2,14,15,16). The average molecular weight is 327 g/mol. The first-order valence-electron chi connectivity index (χ1n) is 5.23. The molecule has 0 aliphatic heterocycles. The number of hydrogen-bond acceptors (Lipinski definition) is 4. The first kappa shape index (κ1) is 16.9. The summed E-state index contributed by atoms with van der Waals surface area (Å²) in [5.41, 5.74) is -2.14. The van der Waals surface area contributed by atoms with Gasteiger partial charge in [-0.1, -0.05) is 18.2 Å². The van der Waals surface area contributed by atoms with E-state index in [-0.39, 0.29) is 6.54 Å². The topological polar surface area (TPSA) is 127 Å². The van der Waals surface area contributed by atoms with E-state index in [1.54, 1.807) is 0 Å². The molecule has 1 rings (SSSR count).